The number of carboxylic acids is 1. The Labute approximate surface area is 239 Å². The number of phenolic OH excluding ortho intramolecular Hbond substituents is 1. The minimum atomic E-state index is -1.18. The van der Waals surface area contributed by atoms with Crippen molar-refractivity contribution in [2.24, 2.45) is 11.7 Å². The first-order valence-electron chi connectivity index (χ1n) is 13.3. The van der Waals surface area contributed by atoms with Crippen LogP contribution in [0.5, 0.6) is 5.75 Å². The molecular weight excluding hydrogens is 530 g/mol. The highest BCUT2D eigenvalue weighted by molar-refractivity contribution is 5.94. The second kappa shape index (κ2) is 16.0. The molecule has 0 fully saturated rings. The molecule has 0 radical (unpaired) electrons. The number of aromatic hydroxyl groups is 1. The molecule has 0 bridgehead atoms. The van der Waals surface area contributed by atoms with Crippen LogP contribution in [0.15, 0.2) is 54.6 Å². The molecular formula is C29H39N5O7. The van der Waals surface area contributed by atoms with Gasteiger partial charge in [0.2, 0.25) is 23.6 Å². The van der Waals surface area contributed by atoms with Crippen LogP contribution < -0.4 is 27.0 Å². The first kappa shape index (κ1) is 32.8. The highest BCUT2D eigenvalue weighted by atomic mass is 16.4. The number of carbonyl (C=O) groups is 5. The van der Waals surface area contributed by atoms with E-state index in [0.717, 1.165) is 11.1 Å². The average molecular weight is 570 g/mol. The Kier molecular flexibility index (Phi) is 12.8. The van der Waals surface area contributed by atoms with Crippen LogP contribution in [0.1, 0.15) is 38.3 Å². The molecule has 2 aromatic carbocycles. The van der Waals surface area contributed by atoms with Gasteiger partial charge >= 0.3 is 5.97 Å². The lowest BCUT2D eigenvalue weighted by molar-refractivity contribution is -0.142. The zero-order chi connectivity index (χ0) is 30.5. The molecule has 12 heteroatoms. The molecule has 2 aromatic rings. The van der Waals surface area contributed by atoms with Crippen LogP contribution in [0.4, 0.5) is 0 Å². The molecule has 2 rings (SSSR count). The van der Waals surface area contributed by atoms with Gasteiger partial charge in [-0.25, -0.2) is 4.79 Å². The van der Waals surface area contributed by atoms with Crippen molar-refractivity contribution in [3.63, 3.8) is 0 Å². The molecule has 0 saturated heterocycles. The van der Waals surface area contributed by atoms with Crippen LogP contribution in [-0.2, 0) is 36.8 Å². The van der Waals surface area contributed by atoms with Crippen LogP contribution in [0.3, 0.4) is 0 Å². The second-order valence-electron chi connectivity index (χ2n) is 10.3. The molecule has 8 N–H and O–H groups in total. The predicted molar refractivity (Wildman–Crippen MR) is 151 cm³/mol. The quantitative estimate of drug-likeness (QED) is 0.158. The molecule has 12 nitrogen and oxygen atoms in total. The largest absolute Gasteiger partial charge is 0.508 e. The van der Waals surface area contributed by atoms with E-state index >= 15 is 0 Å². The summed E-state index contributed by atoms with van der Waals surface area (Å²) in [4.78, 5) is 62.3. The van der Waals surface area contributed by atoms with Gasteiger partial charge in [-0.1, -0.05) is 56.3 Å². The maximum absolute atomic E-state index is 13.1. The maximum Gasteiger partial charge on any atom is 0.326 e. The number of carbonyl (C=O) groups excluding carboxylic acids is 4. The van der Waals surface area contributed by atoms with E-state index in [1.54, 1.807) is 42.5 Å². The second-order valence-corrected chi connectivity index (χ2v) is 10.3. The topological polar surface area (TPSA) is 200 Å². The maximum atomic E-state index is 13.1. The summed E-state index contributed by atoms with van der Waals surface area (Å²) < 4.78 is 0. The first-order chi connectivity index (χ1) is 19.3. The van der Waals surface area contributed by atoms with Crippen molar-refractivity contribution in [3.05, 3.63) is 65.7 Å². The first-order valence-corrected chi connectivity index (χ1v) is 13.3. The fourth-order valence-corrected chi connectivity index (χ4v) is 3.96. The fourth-order valence-electron chi connectivity index (χ4n) is 3.96. The number of rotatable bonds is 15. The van der Waals surface area contributed by atoms with Gasteiger partial charge in [-0.05, 0) is 48.9 Å². The summed E-state index contributed by atoms with van der Waals surface area (Å²) in [5.74, 6) is -3.63. The summed E-state index contributed by atoms with van der Waals surface area (Å²) in [6.07, 6.45) is 0.503. The van der Waals surface area contributed by atoms with Crippen LogP contribution in [0.25, 0.3) is 0 Å². The van der Waals surface area contributed by atoms with Gasteiger partial charge < -0.3 is 37.2 Å². The van der Waals surface area contributed by atoms with E-state index in [1.165, 1.54) is 19.1 Å². The summed E-state index contributed by atoms with van der Waals surface area (Å²) in [6.45, 7) is 4.66. The number of hydrogen-bond donors (Lipinski definition) is 7. The molecule has 4 atom stereocenters. The third-order valence-electron chi connectivity index (χ3n) is 6.16. The van der Waals surface area contributed by atoms with Crippen LogP contribution in [-0.4, -0.2) is 70.5 Å². The van der Waals surface area contributed by atoms with E-state index < -0.39 is 60.3 Å². The van der Waals surface area contributed by atoms with Gasteiger partial charge in [0, 0.05) is 6.42 Å². The van der Waals surface area contributed by atoms with Crippen molar-refractivity contribution in [1.82, 2.24) is 21.3 Å². The summed E-state index contributed by atoms with van der Waals surface area (Å²) in [5.41, 5.74) is 7.38. The molecule has 4 unspecified atom stereocenters. The van der Waals surface area contributed by atoms with Gasteiger partial charge in [-0.15, -0.1) is 0 Å². The molecule has 222 valence electrons. The van der Waals surface area contributed by atoms with Crippen LogP contribution >= 0.6 is 0 Å². The third kappa shape index (κ3) is 11.7. The number of nitrogens with two attached hydrogens (primary N) is 1. The normalized spacial score (nSPS) is 13.8. The highest BCUT2D eigenvalue weighted by Gasteiger charge is 2.29. The SMILES string of the molecule is CC(C)CC(NC(=O)C(Cc1ccccc1)NC(=O)C(C)NC(=O)CNC(=O)C(N)Cc1ccc(O)cc1)C(=O)O. The Morgan fingerprint density at radius 2 is 1.34 bits per heavy atom. The van der Waals surface area contributed by atoms with E-state index in [1.807, 2.05) is 13.8 Å². The fraction of sp³-hybridized carbons (Fsp3) is 0.414. The lowest BCUT2D eigenvalue weighted by Crippen LogP contribution is -2.56. The Bertz CT molecular complexity index is 1190. The summed E-state index contributed by atoms with van der Waals surface area (Å²) in [6, 6.07) is 10.9. The van der Waals surface area contributed by atoms with E-state index in [0.29, 0.717) is 0 Å². The average Bonchev–Trinajstić information content (AvgIpc) is 2.92. The molecule has 0 aliphatic carbocycles. The molecule has 0 aliphatic rings. The molecule has 4 amide bonds. The van der Waals surface area contributed by atoms with Gasteiger partial charge in [0.05, 0.1) is 12.6 Å². The zero-order valence-electron chi connectivity index (χ0n) is 23.4. The van der Waals surface area contributed by atoms with Crippen molar-refractivity contribution < 1.29 is 34.2 Å². The van der Waals surface area contributed by atoms with Crippen LogP contribution in [0, 0.1) is 5.92 Å². The predicted octanol–water partition coefficient (Wildman–Crippen LogP) is 0.226. The van der Waals surface area contributed by atoms with E-state index in [4.69, 9.17) is 5.73 Å². The number of carboxylic acid groups (broad SMARTS) is 1. The van der Waals surface area contributed by atoms with Crippen LogP contribution in [0.2, 0.25) is 0 Å². The summed E-state index contributed by atoms with van der Waals surface area (Å²) in [5, 5.41) is 28.9. The molecule has 0 aliphatic heterocycles. The highest BCUT2D eigenvalue weighted by Crippen LogP contribution is 2.11. The number of benzene rings is 2. The summed E-state index contributed by atoms with van der Waals surface area (Å²) >= 11 is 0. The molecule has 41 heavy (non-hydrogen) atoms. The smallest absolute Gasteiger partial charge is 0.326 e. The standard InChI is InChI=1S/C29H39N5O7/c1-17(2)13-24(29(40)41)34-28(39)23(15-19-7-5-4-6-8-19)33-26(37)18(3)32-25(36)16-31-27(38)22(30)14-20-9-11-21(35)12-10-20/h4-12,17-18,22-24,35H,13-16,30H2,1-3H3,(H,31,38)(H,32,36)(H,33,37)(H,34,39)(H,40,41). The van der Waals surface area contributed by atoms with Gasteiger partial charge in [-0.2, -0.15) is 0 Å². The number of hydrogen-bond acceptors (Lipinski definition) is 7. The third-order valence-corrected chi connectivity index (χ3v) is 6.16. The van der Waals surface area contributed by atoms with Crippen molar-refractivity contribution in [1.29, 1.82) is 0 Å². The van der Waals surface area contributed by atoms with Gasteiger partial charge in [0.15, 0.2) is 0 Å². The number of amides is 4. The van der Waals surface area contributed by atoms with E-state index in [9.17, 15) is 34.2 Å². The van der Waals surface area contributed by atoms with Crippen molar-refractivity contribution in [3.8, 4) is 5.75 Å². The van der Waals surface area contributed by atoms with E-state index in [2.05, 4.69) is 21.3 Å². The number of phenols is 1. The lowest BCUT2D eigenvalue weighted by atomic mass is 10.0. The monoisotopic (exact) mass is 569 g/mol. The Morgan fingerprint density at radius 3 is 1.93 bits per heavy atom. The molecule has 0 aromatic heterocycles. The van der Waals surface area contributed by atoms with Gasteiger partial charge in [-0.3, -0.25) is 19.2 Å². The number of nitrogens with one attached hydrogen (secondary N) is 4. The summed E-state index contributed by atoms with van der Waals surface area (Å²) in [7, 11) is 0. The number of aliphatic carboxylic acids is 1. The Balaban J connectivity index is 1.95. The van der Waals surface area contributed by atoms with Crippen molar-refractivity contribution >= 4 is 29.6 Å². The molecule has 0 saturated carbocycles. The minimum Gasteiger partial charge on any atom is -0.508 e. The van der Waals surface area contributed by atoms with Crippen molar-refractivity contribution in [2.75, 3.05) is 6.54 Å². The Hall–Kier alpha value is -4.45. The molecule has 0 spiro atoms. The van der Waals surface area contributed by atoms with Crippen molar-refractivity contribution in [2.45, 2.75) is 64.2 Å². The van der Waals surface area contributed by atoms with Gasteiger partial charge in [0.25, 0.3) is 0 Å². The molecule has 0 heterocycles. The lowest BCUT2D eigenvalue weighted by Gasteiger charge is -2.24. The van der Waals surface area contributed by atoms with E-state index in [-0.39, 0.29) is 30.9 Å². The Morgan fingerprint density at radius 1 is 0.756 bits per heavy atom. The zero-order valence-corrected chi connectivity index (χ0v) is 23.4. The van der Waals surface area contributed by atoms with Gasteiger partial charge in [0.1, 0.15) is 23.9 Å². The minimum absolute atomic E-state index is 0.0108.